The van der Waals surface area contributed by atoms with Gasteiger partial charge in [-0.1, -0.05) is 30.3 Å². The Morgan fingerprint density at radius 1 is 1.23 bits per heavy atom. The molecule has 0 saturated carbocycles. The Labute approximate surface area is 126 Å². The minimum absolute atomic E-state index is 0.0311. The third kappa shape index (κ3) is 3.82. The van der Waals surface area contributed by atoms with Crippen LogP contribution in [0.1, 0.15) is 21.5 Å². The summed E-state index contributed by atoms with van der Waals surface area (Å²) in [5.74, 6) is -2.37. The summed E-state index contributed by atoms with van der Waals surface area (Å²) >= 11 is 0. The number of carboxylic acid groups (broad SMARTS) is 1. The smallest absolute Gasteiger partial charge is 0.411 e. The summed E-state index contributed by atoms with van der Waals surface area (Å²) in [5.41, 5.74) is 0.540. The maximum atomic E-state index is 13.7. The van der Waals surface area contributed by atoms with Gasteiger partial charge in [-0.25, -0.2) is 14.0 Å². The summed E-state index contributed by atoms with van der Waals surface area (Å²) in [6.07, 6.45) is -0.851. The van der Waals surface area contributed by atoms with Gasteiger partial charge in [0, 0.05) is 0 Å². The second-order valence-electron chi connectivity index (χ2n) is 4.66. The molecular formula is C16H14FNO4. The molecule has 0 bridgehead atoms. The first kappa shape index (κ1) is 15.5. The van der Waals surface area contributed by atoms with E-state index < -0.39 is 23.4 Å². The average Bonchev–Trinajstić information content (AvgIpc) is 2.45. The van der Waals surface area contributed by atoms with E-state index in [1.54, 1.807) is 31.2 Å². The fraction of sp³-hybridized carbons (Fsp3) is 0.125. The molecule has 5 nitrogen and oxygen atoms in total. The van der Waals surface area contributed by atoms with Crippen LogP contribution in [0.2, 0.25) is 0 Å². The Balaban J connectivity index is 2.10. The van der Waals surface area contributed by atoms with E-state index in [0.717, 1.165) is 11.6 Å². The van der Waals surface area contributed by atoms with Crippen LogP contribution in [0.4, 0.5) is 14.9 Å². The number of carbonyl (C=O) groups excluding carboxylic acids is 1. The highest BCUT2D eigenvalue weighted by atomic mass is 19.1. The lowest BCUT2D eigenvalue weighted by Gasteiger charge is -2.11. The predicted octanol–water partition coefficient (Wildman–Crippen LogP) is 3.58. The largest absolute Gasteiger partial charge is 0.478 e. The lowest BCUT2D eigenvalue weighted by Crippen LogP contribution is -2.17. The molecule has 0 aromatic heterocycles. The highest BCUT2D eigenvalue weighted by Gasteiger charge is 2.18. The van der Waals surface area contributed by atoms with Crippen LogP contribution in [-0.4, -0.2) is 17.2 Å². The summed E-state index contributed by atoms with van der Waals surface area (Å²) in [6, 6.07) is 11.5. The number of hydrogen-bond acceptors (Lipinski definition) is 3. The number of carboxylic acids is 1. The second-order valence-corrected chi connectivity index (χ2v) is 4.66. The van der Waals surface area contributed by atoms with E-state index in [-0.39, 0.29) is 12.3 Å². The zero-order chi connectivity index (χ0) is 16.1. The summed E-state index contributed by atoms with van der Waals surface area (Å²) in [5, 5.41) is 11.3. The summed E-state index contributed by atoms with van der Waals surface area (Å²) in [4.78, 5) is 22.8. The van der Waals surface area contributed by atoms with Crippen molar-refractivity contribution < 1.29 is 23.8 Å². The summed E-state index contributed by atoms with van der Waals surface area (Å²) < 4.78 is 18.7. The van der Waals surface area contributed by atoms with Crippen LogP contribution in [0.5, 0.6) is 0 Å². The van der Waals surface area contributed by atoms with Crippen molar-refractivity contribution in [1.29, 1.82) is 0 Å². The third-order valence-corrected chi connectivity index (χ3v) is 2.90. The van der Waals surface area contributed by atoms with Crippen molar-refractivity contribution in [1.82, 2.24) is 0 Å². The molecule has 6 heteroatoms. The van der Waals surface area contributed by atoms with Crippen LogP contribution in [0.15, 0.2) is 42.5 Å². The van der Waals surface area contributed by atoms with Gasteiger partial charge in [-0.3, -0.25) is 5.32 Å². The number of benzene rings is 2. The molecule has 0 aliphatic carbocycles. The van der Waals surface area contributed by atoms with Gasteiger partial charge in [0.05, 0.1) is 5.69 Å². The molecule has 2 aromatic carbocycles. The average molecular weight is 303 g/mol. The number of hydrogen-bond donors (Lipinski definition) is 2. The van der Waals surface area contributed by atoms with Crippen LogP contribution in [0, 0.1) is 12.7 Å². The highest BCUT2D eigenvalue weighted by Crippen LogP contribution is 2.22. The monoisotopic (exact) mass is 303 g/mol. The SMILES string of the molecule is Cc1cc(F)c(C(=O)O)c(NC(=O)OCc2ccccc2)c1. The number of aromatic carboxylic acids is 1. The Kier molecular flexibility index (Phi) is 4.73. The predicted molar refractivity (Wildman–Crippen MR) is 78.3 cm³/mol. The van der Waals surface area contributed by atoms with E-state index in [0.29, 0.717) is 5.56 Å². The van der Waals surface area contributed by atoms with Crippen LogP contribution in [0.25, 0.3) is 0 Å². The Morgan fingerprint density at radius 2 is 1.91 bits per heavy atom. The molecule has 1 amide bonds. The second kappa shape index (κ2) is 6.71. The molecule has 0 aliphatic heterocycles. The first-order valence-electron chi connectivity index (χ1n) is 6.48. The van der Waals surface area contributed by atoms with Crippen LogP contribution < -0.4 is 5.32 Å². The number of carbonyl (C=O) groups is 2. The molecule has 22 heavy (non-hydrogen) atoms. The van der Waals surface area contributed by atoms with Crippen molar-refractivity contribution in [2.24, 2.45) is 0 Å². The van der Waals surface area contributed by atoms with Crippen LogP contribution >= 0.6 is 0 Å². The molecule has 0 fully saturated rings. The lowest BCUT2D eigenvalue weighted by atomic mass is 10.1. The van der Waals surface area contributed by atoms with Gasteiger partial charge in [-0.05, 0) is 30.2 Å². The van der Waals surface area contributed by atoms with Crippen molar-refractivity contribution in [2.45, 2.75) is 13.5 Å². The molecule has 2 aromatic rings. The van der Waals surface area contributed by atoms with Gasteiger partial charge >= 0.3 is 12.1 Å². The first-order valence-corrected chi connectivity index (χ1v) is 6.48. The van der Waals surface area contributed by atoms with E-state index in [1.165, 1.54) is 6.07 Å². The van der Waals surface area contributed by atoms with Crippen molar-refractivity contribution in [3.8, 4) is 0 Å². The van der Waals surface area contributed by atoms with E-state index in [4.69, 9.17) is 9.84 Å². The quantitative estimate of drug-likeness (QED) is 0.905. The third-order valence-electron chi connectivity index (χ3n) is 2.90. The number of amides is 1. The topological polar surface area (TPSA) is 75.6 Å². The maximum Gasteiger partial charge on any atom is 0.411 e. The molecule has 0 saturated heterocycles. The number of anilines is 1. The van der Waals surface area contributed by atoms with Gasteiger partial charge in [0.15, 0.2) is 0 Å². The van der Waals surface area contributed by atoms with Gasteiger partial charge in [-0.15, -0.1) is 0 Å². The van der Waals surface area contributed by atoms with E-state index in [2.05, 4.69) is 5.32 Å². The molecule has 2 N–H and O–H groups in total. The number of ether oxygens (including phenoxy) is 1. The molecule has 0 radical (unpaired) electrons. The zero-order valence-corrected chi connectivity index (χ0v) is 11.8. The van der Waals surface area contributed by atoms with E-state index in [1.807, 2.05) is 6.07 Å². The number of rotatable bonds is 4. The lowest BCUT2D eigenvalue weighted by molar-refractivity contribution is 0.0693. The van der Waals surface area contributed by atoms with Crippen molar-refractivity contribution in [3.05, 3.63) is 65.0 Å². The van der Waals surface area contributed by atoms with Crippen molar-refractivity contribution >= 4 is 17.7 Å². The van der Waals surface area contributed by atoms with E-state index in [9.17, 15) is 14.0 Å². The standard InChI is InChI=1S/C16H14FNO4/c1-10-7-12(17)14(15(19)20)13(8-10)18-16(21)22-9-11-5-3-2-4-6-11/h2-8H,9H2,1H3,(H,18,21)(H,19,20). The molecule has 0 heterocycles. The molecule has 0 atom stereocenters. The maximum absolute atomic E-state index is 13.7. The number of aryl methyl sites for hydroxylation is 1. The Morgan fingerprint density at radius 3 is 2.55 bits per heavy atom. The zero-order valence-electron chi connectivity index (χ0n) is 11.8. The molecular weight excluding hydrogens is 289 g/mol. The Bertz CT molecular complexity index is 701. The minimum atomic E-state index is -1.46. The van der Waals surface area contributed by atoms with Crippen molar-refractivity contribution in [3.63, 3.8) is 0 Å². The number of nitrogens with one attached hydrogen (secondary N) is 1. The van der Waals surface area contributed by atoms with Crippen LogP contribution in [-0.2, 0) is 11.3 Å². The first-order chi connectivity index (χ1) is 10.5. The summed E-state index contributed by atoms with van der Waals surface area (Å²) in [7, 11) is 0. The van der Waals surface area contributed by atoms with Gasteiger partial charge in [-0.2, -0.15) is 0 Å². The van der Waals surface area contributed by atoms with Gasteiger partial charge in [0.2, 0.25) is 0 Å². The number of halogens is 1. The Hall–Kier alpha value is -2.89. The molecule has 0 unspecified atom stereocenters. The summed E-state index contributed by atoms with van der Waals surface area (Å²) in [6.45, 7) is 1.62. The van der Waals surface area contributed by atoms with Crippen molar-refractivity contribution in [2.75, 3.05) is 5.32 Å². The normalized spacial score (nSPS) is 10.1. The molecule has 0 spiro atoms. The minimum Gasteiger partial charge on any atom is -0.478 e. The molecule has 114 valence electrons. The fourth-order valence-corrected chi connectivity index (χ4v) is 1.93. The molecule has 0 aliphatic rings. The fourth-order valence-electron chi connectivity index (χ4n) is 1.93. The van der Waals surface area contributed by atoms with Gasteiger partial charge in [0.1, 0.15) is 18.0 Å². The van der Waals surface area contributed by atoms with Crippen LogP contribution in [0.3, 0.4) is 0 Å². The highest BCUT2D eigenvalue weighted by molar-refractivity contribution is 5.99. The van der Waals surface area contributed by atoms with E-state index >= 15 is 0 Å². The van der Waals surface area contributed by atoms with Gasteiger partial charge in [0.25, 0.3) is 0 Å². The van der Waals surface area contributed by atoms with Gasteiger partial charge < -0.3 is 9.84 Å². The molecule has 2 rings (SSSR count).